The zero-order valence-corrected chi connectivity index (χ0v) is 22.0. The van der Waals surface area contributed by atoms with Crippen molar-refractivity contribution in [2.45, 2.75) is 45.3 Å². The van der Waals surface area contributed by atoms with Crippen LogP contribution in [0.1, 0.15) is 49.2 Å². The largest absolute Gasteiger partial charge is 0.449 e. The van der Waals surface area contributed by atoms with Crippen LogP contribution < -0.4 is 10.6 Å². The molecule has 10 nitrogen and oxygen atoms in total. The highest BCUT2D eigenvalue weighted by Gasteiger charge is 2.38. The lowest BCUT2D eigenvalue weighted by Crippen LogP contribution is -2.46. The standard InChI is InChI=1S/C25H33ClN4O6/c1-6-18-12-17(8-9-35-18)30(25(32)34-7-2)21-19-10-15(16(13-27)14-28-3)11-20(26)22(19)36-23(21)24(31)29(4)33-5/h10-11,13-14,17-18H,6-9,12,27H2,1-5H3/b16-13+,28-14?/t17-,18-/m0/s1. The normalized spacial score (nSPS) is 18.6. The van der Waals surface area contributed by atoms with Gasteiger partial charge in [-0.2, -0.15) is 0 Å². The number of furan rings is 1. The average Bonchev–Trinajstić information content (AvgIpc) is 3.26. The first-order valence-electron chi connectivity index (χ1n) is 11.8. The Hall–Kier alpha value is -3.08. The third-order valence-corrected chi connectivity index (χ3v) is 6.40. The molecule has 1 saturated heterocycles. The van der Waals surface area contributed by atoms with Crippen molar-refractivity contribution in [3.63, 3.8) is 0 Å². The van der Waals surface area contributed by atoms with Gasteiger partial charge < -0.3 is 19.6 Å². The molecule has 0 aliphatic carbocycles. The van der Waals surface area contributed by atoms with E-state index in [4.69, 9.17) is 36.1 Å². The van der Waals surface area contributed by atoms with Crippen LogP contribution in [0.4, 0.5) is 10.5 Å². The Morgan fingerprint density at radius 2 is 2.08 bits per heavy atom. The Balaban J connectivity index is 2.34. The van der Waals surface area contributed by atoms with Gasteiger partial charge in [0, 0.05) is 50.1 Å². The zero-order chi connectivity index (χ0) is 26.4. The number of rotatable bonds is 8. The number of nitrogens with two attached hydrogens (primary N) is 1. The molecule has 11 heteroatoms. The molecule has 2 amide bonds. The Morgan fingerprint density at radius 1 is 1.33 bits per heavy atom. The number of benzene rings is 1. The lowest BCUT2D eigenvalue weighted by molar-refractivity contribution is -0.0772. The molecule has 2 atom stereocenters. The summed E-state index contributed by atoms with van der Waals surface area (Å²) in [5.74, 6) is -0.678. The van der Waals surface area contributed by atoms with Crippen molar-refractivity contribution in [2.75, 3.05) is 39.3 Å². The van der Waals surface area contributed by atoms with Crippen LogP contribution in [-0.4, -0.2) is 69.8 Å². The second-order valence-electron chi connectivity index (χ2n) is 8.26. The summed E-state index contributed by atoms with van der Waals surface area (Å²) >= 11 is 6.63. The van der Waals surface area contributed by atoms with Crippen LogP contribution >= 0.6 is 11.6 Å². The van der Waals surface area contributed by atoms with Gasteiger partial charge in [0.15, 0.2) is 5.58 Å². The van der Waals surface area contributed by atoms with Gasteiger partial charge in [-0.15, -0.1) is 0 Å². The highest BCUT2D eigenvalue weighted by molar-refractivity contribution is 6.36. The van der Waals surface area contributed by atoms with Crippen molar-refractivity contribution in [2.24, 2.45) is 10.7 Å². The van der Waals surface area contributed by atoms with Gasteiger partial charge in [-0.25, -0.2) is 9.86 Å². The molecule has 1 aromatic carbocycles. The summed E-state index contributed by atoms with van der Waals surface area (Å²) in [4.78, 5) is 37.5. The van der Waals surface area contributed by atoms with Gasteiger partial charge in [-0.3, -0.25) is 19.5 Å². The van der Waals surface area contributed by atoms with Crippen molar-refractivity contribution in [1.82, 2.24) is 5.06 Å². The van der Waals surface area contributed by atoms with Crippen LogP contribution in [0.2, 0.25) is 5.02 Å². The number of hydrogen-bond acceptors (Lipinski definition) is 8. The first-order chi connectivity index (χ1) is 17.3. The predicted molar refractivity (Wildman–Crippen MR) is 139 cm³/mol. The number of nitrogens with zero attached hydrogens (tertiary/aromatic N) is 3. The van der Waals surface area contributed by atoms with E-state index < -0.39 is 12.0 Å². The third kappa shape index (κ3) is 5.50. The number of ether oxygens (including phenoxy) is 2. The van der Waals surface area contributed by atoms with Gasteiger partial charge >= 0.3 is 12.0 Å². The molecule has 2 N–H and O–H groups in total. The molecule has 2 aromatic rings. The van der Waals surface area contributed by atoms with E-state index in [2.05, 4.69) is 4.99 Å². The number of hydroxylamine groups is 2. The smallest absolute Gasteiger partial charge is 0.414 e. The molecular formula is C25H33ClN4O6. The van der Waals surface area contributed by atoms with E-state index >= 15 is 0 Å². The molecule has 0 radical (unpaired) electrons. The predicted octanol–water partition coefficient (Wildman–Crippen LogP) is 4.64. The van der Waals surface area contributed by atoms with E-state index in [1.807, 2.05) is 6.92 Å². The minimum Gasteiger partial charge on any atom is -0.449 e. The lowest BCUT2D eigenvalue weighted by atomic mass is 9.98. The summed E-state index contributed by atoms with van der Waals surface area (Å²) in [5, 5.41) is 1.73. The maximum Gasteiger partial charge on any atom is 0.414 e. The van der Waals surface area contributed by atoms with Gasteiger partial charge in [0.2, 0.25) is 5.76 Å². The van der Waals surface area contributed by atoms with Crippen molar-refractivity contribution in [1.29, 1.82) is 0 Å². The SMILES string of the molecule is CCOC(=O)N(c1c(C(=O)N(C)OC)oc2c(Cl)cc(/C(C=NC)=C/N)cc12)[C@H]1CCO[C@@H](CC)C1. The minimum atomic E-state index is -0.595. The summed E-state index contributed by atoms with van der Waals surface area (Å²) in [6, 6.07) is 3.14. The molecule has 36 heavy (non-hydrogen) atoms. The third-order valence-electron chi connectivity index (χ3n) is 6.12. The topological polar surface area (TPSA) is 120 Å². The number of aliphatic imine (C=N–C) groups is 1. The van der Waals surface area contributed by atoms with Crippen LogP contribution in [0.25, 0.3) is 16.5 Å². The summed E-state index contributed by atoms with van der Waals surface area (Å²) < 4.78 is 17.3. The van der Waals surface area contributed by atoms with E-state index in [9.17, 15) is 9.59 Å². The molecular weight excluding hydrogens is 488 g/mol. The summed E-state index contributed by atoms with van der Waals surface area (Å²) in [6.45, 7) is 4.38. The van der Waals surface area contributed by atoms with E-state index in [1.54, 1.807) is 32.3 Å². The number of anilines is 1. The van der Waals surface area contributed by atoms with Gasteiger partial charge in [-0.1, -0.05) is 18.5 Å². The van der Waals surface area contributed by atoms with Gasteiger partial charge in [0.1, 0.15) is 5.69 Å². The maximum atomic E-state index is 13.4. The second-order valence-corrected chi connectivity index (χ2v) is 8.66. The number of halogens is 1. The average molecular weight is 521 g/mol. The van der Waals surface area contributed by atoms with Crippen LogP contribution in [0, 0.1) is 0 Å². The van der Waals surface area contributed by atoms with Crippen molar-refractivity contribution >= 4 is 52.0 Å². The van der Waals surface area contributed by atoms with Crippen molar-refractivity contribution < 1.29 is 28.3 Å². The number of amides is 2. The fraction of sp³-hybridized carbons (Fsp3) is 0.480. The van der Waals surface area contributed by atoms with E-state index in [1.165, 1.54) is 25.3 Å². The molecule has 0 bridgehead atoms. The molecule has 0 unspecified atom stereocenters. The molecule has 3 rings (SSSR count). The zero-order valence-electron chi connectivity index (χ0n) is 21.2. The Labute approximate surface area is 215 Å². The molecule has 0 spiro atoms. The number of carbonyl (C=O) groups excluding carboxylic acids is 2. The maximum absolute atomic E-state index is 13.4. The Bertz CT molecular complexity index is 1160. The number of fused-ring (bicyclic) bond motifs is 1. The van der Waals surface area contributed by atoms with Gasteiger partial charge in [0.05, 0.1) is 24.8 Å². The molecule has 196 valence electrons. The molecule has 1 fully saturated rings. The van der Waals surface area contributed by atoms with Crippen LogP contribution in [-0.2, 0) is 14.3 Å². The first-order valence-corrected chi connectivity index (χ1v) is 12.2. The number of hydrogen-bond donors (Lipinski definition) is 1. The summed E-state index contributed by atoms with van der Waals surface area (Å²) in [7, 11) is 4.44. The molecule has 0 saturated carbocycles. The highest BCUT2D eigenvalue weighted by Crippen LogP contribution is 2.42. The van der Waals surface area contributed by atoms with Crippen molar-refractivity contribution in [3.8, 4) is 0 Å². The fourth-order valence-electron chi connectivity index (χ4n) is 4.27. The molecule has 1 aliphatic rings. The van der Waals surface area contributed by atoms with E-state index in [0.29, 0.717) is 36.0 Å². The quantitative estimate of drug-likeness (QED) is 0.397. The summed E-state index contributed by atoms with van der Waals surface area (Å²) in [5.41, 5.74) is 7.59. The van der Waals surface area contributed by atoms with Crippen molar-refractivity contribution in [3.05, 3.63) is 34.7 Å². The van der Waals surface area contributed by atoms with Gasteiger partial charge in [-0.05, 0) is 43.9 Å². The Morgan fingerprint density at radius 3 is 2.69 bits per heavy atom. The highest BCUT2D eigenvalue weighted by atomic mass is 35.5. The summed E-state index contributed by atoms with van der Waals surface area (Å²) in [6.07, 6.45) is 4.28. The number of carbonyl (C=O) groups is 2. The van der Waals surface area contributed by atoms with E-state index in [0.717, 1.165) is 11.5 Å². The van der Waals surface area contributed by atoms with Crippen LogP contribution in [0.3, 0.4) is 0 Å². The first kappa shape index (κ1) is 27.5. The monoisotopic (exact) mass is 520 g/mol. The van der Waals surface area contributed by atoms with Crippen LogP contribution in [0.5, 0.6) is 0 Å². The fourth-order valence-corrected chi connectivity index (χ4v) is 4.53. The number of allylic oxidation sites excluding steroid dienone is 1. The lowest BCUT2D eigenvalue weighted by Gasteiger charge is -2.36. The molecule has 2 heterocycles. The van der Waals surface area contributed by atoms with Gasteiger partial charge in [0.25, 0.3) is 0 Å². The van der Waals surface area contributed by atoms with E-state index in [-0.39, 0.29) is 40.8 Å². The van der Waals surface area contributed by atoms with Crippen LogP contribution in [0.15, 0.2) is 27.7 Å². The minimum absolute atomic E-state index is 0.0358. The second kappa shape index (κ2) is 12.2. The molecule has 1 aromatic heterocycles. The molecule has 1 aliphatic heterocycles. The Kier molecular flexibility index (Phi) is 9.36.